The molecule has 0 aliphatic heterocycles. The molecule has 4 nitrogen and oxygen atoms in total. The molecule has 1 aromatic heterocycles. The largest absolute Gasteiger partial charge is 0.469 e. The minimum absolute atomic E-state index is 0.0595. The van der Waals surface area contributed by atoms with E-state index >= 15 is 0 Å². The molecule has 0 aliphatic carbocycles. The molecule has 2 aromatic rings. The predicted octanol–water partition coefficient (Wildman–Crippen LogP) is 2.17. The van der Waals surface area contributed by atoms with Crippen molar-refractivity contribution in [2.24, 2.45) is 0 Å². The number of aromatic amines is 1. The molecular formula is C12H11NO3S. The van der Waals surface area contributed by atoms with Crippen LogP contribution in [0.15, 0.2) is 29.1 Å². The highest BCUT2D eigenvalue weighted by molar-refractivity contribution is 7.16. The van der Waals surface area contributed by atoms with Gasteiger partial charge in [0.25, 0.3) is 0 Å². The van der Waals surface area contributed by atoms with Crippen LogP contribution >= 0.6 is 11.3 Å². The van der Waals surface area contributed by atoms with E-state index in [0.717, 1.165) is 15.8 Å². The second kappa shape index (κ2) is 4.97. The minimum Gasteiger partial charge on any atom is -0.469 e. The number of benzene rings is 1. The molecular weight excluding hydrogens is 238 g/mol. The number of carbonyl (C=O) groups is 1. The Bertz CT molecular complexity index is 624. The fraction of sp³-hybridized carbons (Fsp3) is 0.167. The van der Waals surface area contributed by atoms with Crippen LogP contribution in [0, 0.1) is 0 Å². The number of aromatic nitrogens is 1. The lowest BCUT2D eigenvalue weighted by molar-refractivity contribution is -0.139. The van der Waals surface area contributed by atoms with Crippen molar-refractivity contribution in [3.8, 4) is 0 Å². The molecule has 1 N–H and O–H groups in total. The van der Waals surface area contributed by atoms with Gasteiger partial charge in [-0.3, -0.25) is 9.59 Å². The van der Waals surface area contributed by atoms with Crippen molar-refractivity contribution in [2.75, 3.05) is 7.11 Å². The molecule has 1 aromatic carbocycles. The molecule has 0 saturated carbocycles. The van der Waals surface area contributed by atoms with E-state index < -0.39 is 0 Å². The van der Waals surface area contributed by atoms with E-state index in [1.54, 1.807) is 6.08 Å². The lowest BCUT2D eigenvalue weighted by atomic mass is 10.2. The Labute approximate surface area is 102 Å². The third-order valence-electron chi connectivity index (χ3n) is 2.27. The summed E-state index contributed by atoms with van der Waals surface area (Å²) in [5, 5.41) is 0. The summed E-state index contributed by atoms with van der Waals surface area (Å²) in [5.41, 5.74) is 1.79. The summed E-state index contributed by atoms with van der Waals surface area (Å²) in [6, 6.07) is 5.65. The Morgan fingerprint density at radius 1 is 1.53 bits per heavy atom. The molecule has 2 rings (SSSR count). The molecule has 0 fully saturated rings. The van der Waals surface area contributed by atoms with E-state index in [1.807, 2.05) is 24.3 Å². The molecule has 88 valence electrons. The summed E-state index contributed by atoms with van der Waals surface area (Å²) in [6.45, 7) is 0. The van der Waals surface area contributed by atoms with Crippen LogP contribution in [-0.2, 0) is 9.53 Å². The number of H-pyrrole nitrogens is 1. The molecule has 0 atom stereocenters. The third-order valence-corrected chi connectivity index (χ3v) is 3.11. The lowest BCUT2D eigenvalue weighted by Gasteiger charge is -1.94. The highest BCUT2D eigenvalue weighted by Crippen LogP contribution is 2.17. The quantitative estimate of drug-likeness (QED) is 0.848. The van der Waals surface area contributed by atoms with Gasteiger partial charge < -0.3 is 9.72 Å². The van der Waals surface area contributed by atoms with Crippen LogP contribution < -0.4 is 4.87 Å². The second-order valence-corrected chi connectivity index (χ2v) is 4.47. The fourth-order valence-electron chi connectivity index (χ4n) is 1.44. The van der Waals surface area contributed by atoms with Gasteiger partial charge in [0.1, 0.15) is 0 Å². The van der Waals surface area contributed by atoms with E-state index in [9.17, 15) is 9.59 Å². The molecule has 5 heteroatoms. The number of hydrogen-bond acceptors (Lipinski definition) is 4. The average Bonchev–Trinajstić information content (AvgIpc) is 2.68. The van der Waals surface area contributed by atoms with E-state index in [4.69, 9.17) is 0 Å². The zero-order chi connectivity index (χ0) is 12.3. The van der Waals surface area contributed by atoms with Gasteiger partial charge in [-0.15, -0.1) is 0 Å². The van der Waals surface area contributed by atoms with Crippen molar-refractivity contribution in [1.29, 1.82) is 0 Å². The predicted molar refractivity (Wildman–Crippen MR) is 68.1 cm³/mol. The Morgan fingerprint density at radius 3 is 3.12 bits per heavy atom. The SMILES string of the molecule is COC(=O)CC=Cc1ccc2[nH]c(=O)sc2c1. The van der Waals surface area contributed by atoms with Crippen LogP contribution in [0.4, 0.5) is 0 Å². The zero-order valence-corrected chi connectivity index (χ0v) is 10.0. The molecule has 0 aliphatic rings. The van der Waals surface area contributed by atoms with Crippen LogP contribution in [0.5, 0.6) is 0 Å². The number of rotatable bonds is 3. The number of carbonyl (C=O) groups excluding carboxylic acids is 1. The summed E-state index contributed by atoms with van der Waals surface area (Å²) >= 11 is 1.17. The summed E-state index contributed by atoms with van der Waals surface area (Å²) < 4.78 is 5.44. The molecule has 0 unspecified atom stereocenters. The van der Waals surface area contributed by atoms with Crippen LogP contribution in [0.25, 0.3) is 16.3 Å². The van der Waals surface area contributed by atoms with Crippen molar-refractivity contribution < 1.29 is 9.53 Å². The summed E-state index contributed by atoms with van der Waals surface area (Å²) in [4.78, 5) is 24.7. The highest BCUT2D eigenvalue weighted by atomic mass is 32.1. The molecule has 0 amide bonds. The third kappa shape index (κ3) is 2.82. The topological polar surface area (TPSA) is 59.2 Å². The minimum atomic E-state index is -0.270. The van der Waals surface area contributed by atoms with Crippen molar-refractivity contribution in [2.45, 2.75) is 6.42 Å². The summed E-state index contributed by atoms with van der Waals surface area (Å²) in [7, 11) is 1.36. The first-order chi connectivity index (χ1) is 8.19. The van der Waals surface area contributed by atoms with Gasteiger partial charge in [-0.05, 0) is 17.7 Å². The van der Waals surface area contributed by atoms with E-state index in [-0.39, 0.29) is 17.3 Å². The van der Waals surface area contributed by atoms with Crippen LogP contribution in [0.3, 0.4) is 0 Å². The van der Waals surface area contributed by atoms with Crippen LogP contribution in [0.2, 0.25) is 0 Å². The number of esters is 1. The number of nitrogens with one attached hydrogen (secondary N) is 1. The van der Waals surface area contributed by atoms with Crippen molar-refractivity contribution >= 4 is 33.6 Å². The Morgan fingerprint density at radius 2 is 2.35 bits per heavy atom. The monoisotopic (exact) mass is 249 g/mol. The normalized spacial score (nSPS) is 11.1. The molecule has 0 spiro atoms. The van der Waals surface area contributed by atoms with Gasteiger partial charge in [0.15, 0.2) is 0 Å². The van der Waals surface area contributed by atoms with Crippen LogP contribution in [0.1, 0.15) is 12.0 Å². The maximum Gasteiger partial charge on any atom is 0.309 e. The second-order valence-electron chi connectivity index (χ2n) is 3.45. The molecule has 1 heterocycles. The first-order valence-corrected chi connectivity index (χ1v) is 5.87. The number of fused-ring (bicyclic) bond motifs is 1. The highest BCUT2D eigenvalue weighted by Gasteiger charge is 1.99. The smallest absolute Gasteiger partial charge is 0.309 e. The van der Waals surface area contributed by atoms with E-state index in [2.05, 4.69) is 9.72 Å². The Kier molecular flexibility index (Phi) is 3.39. The number of ether oxygens (including phenoxy) is 1. The van der Waals surface area contributed by atoms with Crippen molar-refractivity contribution in [1.82, 2.24) is 4.98 Å². The standard InChI is InChI=1S/C12H11NO3S/c1-16-11(14)4-2-3-8-5-6-9-10(7-8)17-12(15)13-9/h2-3,5-7H,4H2,1H3,(H,13,15). The maximum atomic E-state index is 11.1. The molecule has 0 radical (unpaired) electrons. The van der Waals surface area contributed by atoms with Gasteiger partial charge in [0.05, 0.1) is 23.7 Å². The van der Waals surface area contributed by atoms with Gasteiger partial charge in [-0.1, -0.05) is 29.6 Å². The first kappa shape index (κ1) is 11.6. The lowest BCUT2D eigenvalue weighted by Crippen LogP contribution is -1.96. The average molecular weight is 249 g/mol. The van der Waals surface area contributed by atoms with E-state index in [0.29, 0.717) is 0 Å². The summed E-state index contributed by atoms with van der Waals surface area (Å²) in [5.74, 6) is -0.270. The van der Waals surface area contributed by atoms with Gasteiger partial charge in [0.2, 0.25) is 0 Å². The molecule has 0 saturated heterocycles. The number of methoxy groups -OCH3 is 1. The molecule has 17 heavy (non-hydrogen) atoms. The van der Waals surface area contributed by atoms with Gasteiger partial charge in [-0.25, -0.2) is 0 Å². The summed E-state index contributed by atoms with van der Waals surface area (Å²) in [6.07, 6.45) is 3.82. The van der Waals surface area contributed by atoms with E-state index in [1.165, 1.54) is 18.4 Å². The maximum absolute atomic E-state index is 11.1. The van der Waals surface area contributed by atoms with Crippen LogP contribution in [-0.4, -0.2) is 18.1 Å². The fourth-order valence-corrected chi connectivity index (χ4v) is 2.22. The Hall–Kier alpha value is -1.88. The van der Waals surface area contributed by atoms with Crippen molar-refractivity contribution in [3.05, 3.63) is 39.5 Å². The van der Waals surface area contributed by atoms with Gasteiger partial charge in [-0.2, -0.15) is 0 Å². The van der Waals surface area contributed by atoms with Gasteiger partial charge >= 0.3 is 10.8 Å². The Balaban J connectivity index is 2.19. The zero-order valence-electron chi connectivity index (χ0n) is 9.23. The van der Waals surface area contributed by atoms with Crippen molar-refractivity contribution in [3.63, 3.8) is 0 Å². The van der Waals surface area contributed by atoms with Gasteiger partial charge in [0, 0.05) is 0 Å². The molecule has 0 bridgehead atoms. The first-order valence-electron chi connectivity index (χ1n) is 5.05. The number of thiazole rings is 1. The number of hydrogen-bond donors (Lipinski definition) is 1.